The summed E-state index contributed by atoms with van der Waals surface area (Å²) < 4.78 is 5.19. The van der Waals surface area contributed by atoms with Crippen molar-refractivity contribution in [2.75, 3.05) is 13.1 Å². The number of furan rings is 1. The molecule has 27 heavy (non-hydrogen) atoms. The first kappa shape index (κ1) is 23.5. The molecule has 3 rings (SSSR count). The molecule has 2 aromatic rings. The number of likely N-dealkylation sites (tertiary alicyclic amines) is 1. The molecular formula is C20H29Cl2N3O2. The van der Waals surface area contributed by atoms with Crippen LogP contribution in [0.25, 0.3) is 0 Å². The van der Waals surface area contributed by atoms with Gasteiger partial charge in [0, 0.05) is 13.1 Å². The summed E-state index contributed by atoms with van der Waals surface area (Å²) in [5.74, 6) is 1.33. The lowest BCUT2D eigenvalue weighted by molar-refractivity contribution is 0.0950. The molecule has 0 radical (unpaired) electrons. The highest BCUT2D eigenvalue weighted by molar-refractivity contribution is 5.93. The number of halogens is 2. The highest BCUT2D eigenvalue weighted by atomic mass is 35.5. The Hall–Kier alpha value is -1.53. The summed E-state index contributed by atoms with van der Waals surface area (Å²) in [7, 11) is 0. The number of piperidine rings is 1. The molecule has 0 bridgehead atoms. The van der Waals surface area contributed by atoms with Gasteiger partial charge in [-0.05, 0) is 49.0 Å². The molecule has 3 N–H and O–H groups in total. The van der Waals surface area contributed by atoms with E-state index < -0.39 is 0 Å². The average Bonchev–Trinajstić information content (AvgIpc) is 3.12. The smallest absolute Gasteiger partial charge is 0.254 e. The monoisotopic (exact) mass is 413 g/mol. The van der Waals surface area contributed by atoms with Crippen molar-refractivity contribution in [3.05, 3.63) is 59.0 Å². The molecule has 0 spiro atoms. The van der Waals surface area contributed by atoms with Crippen molar-refractivity contribution in [1.82, 2.24) is 10.2 Å². The number of benzene rings is 1. The lowest BCUT2D eigenvalue weighted by Gasteiger charge is -2.30. The number of nitrogens with one attached hydrogen (secondary N) is 1. The predicted molar refractivity (Wildman–Crippen MR) is 112 cm³/mol. The number of amides is 1. The molecule has 1 aliphatic heterocycles. The maximum atomic E-state index is 12.1. The van der Waals surface area contributed by atoms with Gasteiger partial charge in [0.25, 0.3) is 5.91 Å². The van der Waals surface area contributed by atoms with Crippen LogP contribution in [0.5, 0.6) is 0 Å². The van der Waals surface area contributed by atoms with E-state index in [9.17, 15) is 4.79 Å². The fraction of sp³-hybridized carbons (Fsp3) is 0.450. The molecule has 0 aliphatic carbocycles. The quantitative estimate of drug-likeness (QED) is 0.756. The zero-order valence-electron chi connectivity index (χ0n) is 15.6. The van der Waals surface area contributed by atoms with Gasteiger partial charge < -0.3 is 15.5 Å². The van der Waals surface area contributed by atoms with Crippen molar-refractivity contribution in [2.24, 2.45) is 11.7 Å². The van der Waals surface area contributed by atoms with E-state index in [1.165, 1.54) is 37.8 Å². The molecule has 1 fully saturated rings. The topological polar surface area (TPSA) is 71.5 Å². The molecule has 1 saturated heterocycles. The van der Waals surface area contributed by atoms with E-state index in [4.69, 9.17) is 10.2 Å². The number of carbonyl (C=O) groups excluding carboxylic acids is 1. The van der Waals surface area contributed by atoms with Crippen LogP contribution in [-0.2, 0) is 19.6 Å². The first-order valence-electron chi connectivity index (χ1n) is 9.00. The summed E-state index contributed by atoms with van der Waals surface area (Å²) in [5, 5.41) is 2.91. The average molecular weight is 414 g/mol. The van der Waals surface area contributed by atoms with E-state index in [0.717, 1.165) is 18.0 Å². The van der Waals surface area contributed by atoms with Crippen LogP contribution >= 0.6 is 24.8 Å². The normalized spacial score (nSPS) is 14.9. The zero-order chi connectivity index (χ0) is 17.6. The SMILES string of the molecule is CC1CCN(Cc2ccc(CNC(=O)c3coc(CN)c3)cc2)CC1.Cl.Cl. The minimum absolute atomic E-state index is 0. The van der Waals surface area contributed by atoms with E-state index >= 15 is 0 Å². The summed E-state index contributed by atoms with van der Waals surface area (Å²) in [6.45, 7) is 6.52. The van der Waals surface area contributed by atoms with Crippen molar-refractivity contribution in [1.29, 1.82) is 0 Å². The first-order valence-corrected chi connectivity index (χ1v) is 9.00. The molecule has 0 saturated carbocycles. The highest BCUT2D eigenvalue weighted by Gasteiger charge is 2.15. The second-order valence-electron chi connectivity index (χ2n) is 6.96. The molecule has 1 aromatic carbocycles. The Morgan fingerprint density at radius 3 is 2.41 bits per heavy atom. The van der Waals surface area contributed by atoms with Gasteiger partial charge in [-0.1, -0.05) is 31.2 Å². The maximum Gasteiger partial charge on any atom is 0.254 e. The highest BCUT2D eigenvalue weighted by Crippen LogP contribution is 2.18. The van der Waals surface area contributed by atoms with Gasteiger partial charge in [0.1, 0.15) is 12.0 Å². The Kier molecular flexibility index (Phi) is 9.88. The van der Waals surface area contributed by atoms with Crippen molar-refractivity contribution in [2.45, 2.75) is 39.4 Å². The molecular weight excluding hydrogens is 385 g/mol. The van der Waals surface area contributed by atoms with E-state index in [-0.39, 0.29) is 30.7 Å². The lowest BCUT2D eigenvalue weighted by Crippen LogP contribution is -2.32. The second kappa shape index (κ2) is 11.3. The van der Waals surface area contributed by atoms with E-state index in [0.29, 0.717) is 24.4 Å². The Labute approximate surface area is 173 Å². The van der Waals surface area contributed by atoms with Gasteiger partial charge in [-0.3, -0.25) is 9.69 Å². The van der Waals surface area contributed by atoms with Crippen molar-refractivity contribution >= 4 is 30.7 Å². The largest absolute Gasteiger partial charge is 0.467 e. The third-order valence-electron chi connectivity index (χ3n) is 4.88. The number of hydrogen-bond donors (Lipinski definition) is 2. The summed E-state index contributed by atoms with van der Waals surface area (Å²) in [5.41, 5.74) is 8.41. The fourth-order valence-electron chi connectivity index (χ4n) is 3.13. The van der Waals surface area contributed by atoms with E-state index in [1.54, 1.807) is 6.07 Å². The Balaban J connectivity index is 0.00000182. The van der Waals surface area contributed by atoms with Crippen LogP contribution in [0.3, 0.4) is 0 Å². The van der Waals surface area contributed by atoms with Gasteiger partial charge in [-0.15, -0.1) is 24.8 Å². The van der Waals surface area contributed by atoms with Crippen LogP contribution in [0.2, 0.25) is 0 Å². The second-order valence-corrected chi connectivity index (χ2v) is 6.96. The Bertz CT molecular complexity index is 696. The standard InChI is InChI=1S/C20H27N3O2.2ClH/c1-15-6-8-23(9-7-15)13-17-4-2-16(3-5-17)12-22-20(24)18-10-19(11-21)25-14-18;;/h2-5,10,14-15H,6-9,11-13,21H2,1H3,(H,22,24);2*1H. The molecule has 7 heteroatoms. The third-order valence-corrected chi connectivity index (χ3v) is 4.88. The first-order chi connectivity index (χ1) is 12.1. The minimum atomic E-state index is -0.144. The van der Waals surface area contributed by atoms with Crippen molar-refractivity contribution < 1.29 is 9.21 Å². The molecule has 1 aliphatic rings. The van der Waals surface area contributed by atoms with Gasteiger partial charge in [0.2, 0.25) is 0 Å². The Morgan fingerprint density at radius 1 is 1.19 bits per heavy atom. The predicted octanol–water partition coefficient (Wildman–Crippen LogP) is 3.74. The van der Waals surface area contributed by atoms with E-state index in [2.05, 4.69) is 41.4 Å². The van der Waals surface area contributed by atoms with Gasteiger partial charge in [-0.25, -0.2) is 0 Å². The van der Waals surface area contributed by atoms with Crippen LogP contribution in [0.15, 0.2) is 41.0 Å². The summed E-state index contributed by atoms with van der Waals surface area (Å²) >= 11 is 0. The van der Waals surface area contributed by atoms with Crippen LogP contribution in [0, 0.1) is 5.92 Å². The van der Waals surface area contributed by atoms with Crippen molar-refractivity contribution in [3.63, 3.8) is 0 Å². The minimum Gasteiger partial charge on any atom is -0.467 e. The van der Waals surface area contributed by atoms with Crippen LogP contribution in [0.1, 0.15) is 47.0 Å². The summed E-state index contributed by atoms with van der Waals surface area (Å²) in [4.78, 5) is 14.6. The molecule has 150 valence electrons. The summed E-state index contributed by atoms with van der Waals surface area (Å²) in [6, 6.07) is 10.2. The number of carbonyl (C=O) groups is 1. The van der Waals surface area contributed by atoms with Crippen LogP contribution in [-0.4, -0.2) is 23.9 Å². The Morgan fingerprint density at radius 2 is 1.81 bits per heavy atom. The summed E-state index contributed by atoms with van der Waals surface area (Å²) in [6.07, 6.45) is 4.04. The number of nitrogens with zero attached hydrogens (tertiary/aromatic N) is 1. The lowest BCUT2D eigenvalue weighted by atomic mass is 9.99. The fourth-order valence-corrected chi connectivity index (χ4v) is 3.13. The number of rotatable bonds is 6. The molecule has 5 nitrogen and oxygen atoms in total. The number of hydrogen-bond acceptors (Lipinski definition) is 4. The van der Waals surface area contributed by atoms with Crippen LogP contribution in [0.4, 0.5) is 0 Å². The van der Waals surface area contributed by atoms with E-state index in [1.807, 2.05) is 0 Å². The zero-order valence-corrected chi connectivity index (χ0v) is 17.3. The van der Waals surface area contributed by atoms with Crippen LogP contribution < -0.4 is 11.1 Å². The molecule has 2 heterocycles. The molecule has 1 amide bonds. The molecule has 0 unspecified atom stereocenters. The number of nitrogens with two attached hydrogens (primary N) is 1. The van der Waals surface area contributed by atoms with Gasteiger partial charge in [0.15, 0.2) is 0 Å². The van der Waals surface area contributed by atoms with Crippen molar-refractivity contribution in [3.8, 4) is 0 Å². The molecule has 1 aromatic heterocycles. The van der Waals surface area contributed by atoms with Gasteiger partial charge in [-0.2, -0.15) is 0 Å². The molecule has 0 atom stereocenters. The third kappa shape index (κ3) is 6.85. The van der Waals surface area contributed by atoms with Gasteiger partial charge in [0.05, 0.1) is 12.1 Å². The van der Waals surface area contributed by atoms with Gasteiger partial charge >= 0.3 is 0 Å². The maximum absolute atomic E-state index is 12.1.